The minimum absolute atomic E-state index is 0.0592. The van der Waals surface area contributed by atoms with Crippen LogP contribution in [0, 0.1) is 15.8 Å². The predicted octanol–water partition coefficient (Wildman–Crippen LogP) is 1.58. The van der Waals surface area contributed by atoms with E-state index in [2.05, 4.69) is 9.85 Å². The second-order valence-electron chi connectivity index (χ2n) is 2.03. The molecule has 0 aliphatic rings. The summed E-state index contributed by atoms with van der Waals surface area (Å²) < 4.78 is 7.33. The summed E-state index contributed by atoms with van der Waals surface area (Å²) in [6, 6.07) is 0. The lowest BCUT2D eigenvalue weighted by molar-refractivity contribution is -0.145. The lowest BCUT2D eigenvalue weighted by Gasteiger charge is -2.01. The molecule has 56 valence electrons. The second kappa shape index (κ2) is 5.54. The van der Waals surface area contributed by atoms with E-state index in [1.807, 2.05) is 22.6 Å². The molecule has 0 aromatic rings. The molecule has 0 aromatic carbocycles. The SMILES string of the molecule is CC(C)C(=O)OCC#CI. The van der Waals surface area contributed by atoms with Crippen molar-refractivity contribution in [1.29, 1.82) is 0 Å². The van der Waals surface area contributed by atoms with Gasteiger partial charge in [0.15, 0.2) is 6.61 Å². The van der Waals surface area contributed by atoms with Crippen LogP contribution in [-0.2, 0) is 9.53 Å². The number of carbonyl (C=O) groups excluding carboxylic acids is 1. The van der Waals surface area contributed by atoms with Crippen LogP contribution in [0.1, 0.15) is 13.8 Å². The van der Waals surface area contributed by atoms with Crippen molar-refractivity contribution >= 4 is 28.6 Å². The van der Waals surface area contributed by atoms with Crippen molar-refractivity contribution in [3.8, 4) is 9.85 Å². The van der Waals surface area contributed by atoms with Gasteiger partial charge in [0, 0.05) is 22.6 Å². The summed E-state index contributed by atoms with van der Waals surface area (Å²) >= 11 is 1.90. The Kier molecular flexibility index (Phi) is 5.40. The molecule has 0 aromatic heterocycles. The Balaban J connectivity index is 3.47. The third kappa shape index (κ3) is 4.62. The molecule has 0 unspecified atom stereocenters. The van der Waals surface area contributed by atoms with Crippen LogP contribution in [0.5, 0.6) is 0 Å². The highest BCUT2D eigenvalue weighted by molar-refractivity contribution is 14.1. The standard InChI is InChI=1S/C7H9IO2/c1-6(2)7(9)10-5-3-4-8/h6H,5H2,1-2H3. The fourth-order valence-electron chi connectivity index (χ4n) is 0.301. The first-order valence-electron chi connectivity index (χ1n) is 2.93. The van der Waals surface area contributed by atoms with Gasteiger partial charge >= 0.3 is 5.97 Å². The molecule has 0 atom stereocenters. The van der Waals surface area contributed by atoms with Gasteiger partial charge in [-0.3, -0.25) is 4.79 Å². The summed E-state index contributed by atoms with van der Waals surface area (Å²) in [7, 11) is 0. The van der Waals surface area contributed by atoms with Gasteiger partial charge < -0.3 is 4.74 Å². The number of ether oxygens (including phenoxy) is 1. The van der Waals surface area contributed by atoms with Crippen LogP contribution in [-0.4, -0.2) is 12.6 Å². The van der Waals surface area contributed by atoms with Gasteiger partial charge in [-0.15, -0.1) is 0 Å². The molecule has 0 fully saturated rings. The zero-order valence-electron chi connectivity index (χ0n) is 5.98. The maximum Gasteiger partial charge on any atom is 0.309 e. The predicted molar refractivity (Wildman–Crippen MR) is 47.6 cm³/mol. The Morgan fingerprint density at radius 2 is 2.30 bits per heavy atom. The van der Waals surface area contributed by atoms with Gasteiger partial charge in [-0.25, -0.2) is 0 Å². The van der Waals surface area contributed by atoms with Crippen molar-refractivity contribution < 1.29 is 9.53 Å². The van der Waals surface area contributed by atoms with Gasteiger partial charge in [0.1, 0.15) is 0 Å². The van der Waals surface area contributed by atoms with Crippen LogP contribution in [0.2, 0.25) is 0 Å². The third-order valence-corrected chi connectivity index (χ3v) is 1.21. The van der Waals surface area contributed by atoms with Crippen molar-refractivity contribution in [2.24, 2.45) is 5.92 Å². The summed E-state index contributed by atoms with van der Waals surface area (Å²) in [6.45, 7) is 3.79. The highest BCUT2D eigenvalue weighted by Gasteiger charge is 2.05. The van der Waals surface area contributed by atoms with Crippen LogP contribution in [0.4, 0.5) is 0 Å². The van der Waals surface area contributed by atoms with Crippen molar-refractivity contribution in [3.05, 3.63) is 0 Å². The number of esters is 1. The molecule has 2 nitrogen and oxygen atoms in total. The van der Waals surface area contributed by atoms with Crippen LogP contribution in [0.25, 0.3) is 0 Å². The average molecular weight is 252 g/mol. The van der Waals surface area contributed by atoms with Crippen molar-refractivity contribution in [2.45, 2.75) is 13.8 Å². The third-order valence-electron chi connectivity index (χ3n) is 0.825. The molecular formula is C7H9IO2. The Bertz CT molecular complexity index is 164. The molecule has 0 aliphatic heterocycles. The molecule has 0 spiro atoms. The van der Waals surface area contributed by atoms with Gasteiger partial charge in [0.05, 0.1) is 5.92 Å². The highest BCUT2D eigenvalue weighted by atomic mass is 127. The molecule has 0 bridgehead atoms. The van der Waals surface area contributed by atoms with Gasteiger partial charge in [-0.2, -0.15) is 0 Å². The van der Waals surface area contributed by atoms with E-state index >= 15 is 0 Å². The van der Waals surface area contributed by atoms with E-state index in [0.717, 1.165) is 0 Å². The Morgan fingerprint density at radius 3 is 2.70 bits per heavy atom. The molecule has 0 amide bonds. The first-order chi connectivity index (χ1) is 4.68. The highest BCUT2D eigenvalue weighted by Crippen LogP contribution is 1.94. The number of rotatable bonds is 2. The average Bonchev–Trinajstić information content (AvgIpc) is 1.88. The summed E-state index contributed by atoms with van der Waals surface area (Å²) in [6.07, 6.45) is 0. The maximum absolute atomic E-state index is 10.7. The largest absolute Gasteiger partial charge is 0.452 e. The molecule has 3 heteroatoms. The minimum atomic E-state index is -0.195. The summed E-state index contributed by atoms with van der Waals surface area (Å²) in [5, 5.41) is 0. The van der Waals surface area contributed by atoms with Crippen LogP contribution in [0.3, 0.4) is 0 Å². The minimum Gasteiger partial charge on any atom is -0.452 e. The summed E-state index contributed by atoms with van der Waals surface area (Å²) in [5.74, 6) is 2.37. The number of hydrogen-bond donors (Lipinski definition) is 0. The van der Waals surface area contributed by atoms with Crippen molar-refractivity contribution in [3.63, 3.8) is 0 Å². The molecule has 10 heavy (non-hydrogen) atoms. The zero-order chi connectivity index (χ0) is 7.98. The molecule has 0 radical (unpaired) electrons. The Hall–Kier alpha value is -0.240. The van der Waals surface area contributed by atoms with Crippen LogP contribution < -0.4 is 0 Å². The van der Waals surface area contributed by atoms with Gasteiger partial charge in [0.2, 0.25) is 0 Å². The monoisotopic (exact) mass is 252 g/mol. The Labute approximate surface area is 74.5 Å². The quantitative estimate of drug-likeness (QED) is 0.423. The van der Waals surface area contributed by atoms with Crippen molar-refractivity contribution in [1.82, 2.24) is 0 Å². The lowest BCUT2D eigenvalue weighted by Crippen LogP contribution is -2.11. The number of carbonyl (C=O) groups is 1. The maximum atomic E-state index is 10.7. The Morgan fingerprint density at radius 1 is 1.70 bits per heavy atom. The van der Waals surface area contributed by atoms with Gasteiger partial charge in [0.25, 0.3) is 0 Å². The van der Waals surface area contributed by atoms with E-state index in [4.69, 9.17) is 4.74 Å². The summed E-state index contributed by atoms with van der Waals surface area (Å²) in [4.78, 5) is 10.7. The molecule has 0 saturated heterocycles. The second-order valence-corrected chi connectivity index (χ2v) is 2.57. The molecule has 0 N–H and O–H groups in total. The first kappa shape index (κ1) is 9.76. The summed E-state index contributed by atoms with van der Waals surface area (Å²) in [5.41, 5.74) is 0. The van der Waals surface area contributed by atoms with Gasteiger partial charge in [-0.1, -0.05) is 19.8 Å². The topological polar surface area (TPSA) is 26.3 Å². The van der Waals surface area contributed by atoms with E-state index in [1.165, 1.54) is 0 Å². The first-order valence-corrected chi connectivity index (χ1v) is 4.01. The van der Waals surface area contributed by atoms with Crippen LogP contribution >= 0.6 is 22.6 Å². The van der Waals surface area contributed by atoms with Gasteiger partial charge in [-0.05, 0) is 3.93 Å². The number of hydrogen-bond acceptors (Lipinski definition) is 2. The smallest absolute Gasteiger partial charge is 0.309 e. The van der Waals surface area contributed by atoms with Crippen molar-refractivity contribution in [2.75, 3.05) is 6.61 Å². The van der Waals surface area contributed by atoms with Crippen LogP contribution in [0.15, 0.2) is 0 Å². The molecule has 0 rings (SSSR count). The van der Waals surface area contributed by atoms with E-state index in [0.29, 0.717) is 0 Å². The zero-order valence-corrected chi connectivity index (χ0v) is 8.14. The molecule has 0 saturated carbocycles. The molecule has 0 heterocycles. The van der Waals surface area contributed by atoms with E-state index in [1.54, 1.807) is 13.8 Å². The molecular weight excluding hydrogens is 243 g/mol. The fraction of sp³-hybridized carbons (Fsp3) is 0.571. The number of halogens is 1. The van der Waals surface area contributed by atoms with E-state index < -0.39 is 0 Å². The lowest BCUT2D eigenvalue weighted by atomic mass is 10.2. The fourth-order valence-corrected chi connectivity index (χ4v) is 0.457. The normalized spacial score (nSPS) is 8.40. The van der Waals surface area contributed by atoms with E-state index in [-0.39, 0.29) is 18.5 Å². The van der Waals surface area contributed by atoms with E-state index in [9.17, 15) is 4.79 Å². The molecule has 0 aliphatic carbocycles.